The lowest BCUT2D eigenvalue weighted by Crippen LogP contribution is -2.30. The third-order valence-corrected chi connectivity index (χ3v) is 4.95. The molecule has 4 N–H and O–H groups in total. The number of hydrogen-bond acceptors (Lipinski definition) is 5. The summed E-state index contributed by atoms with van der Waals surface area (Å²) in [4.78, 5) is 25.2. The highest BCUT2D eigenvalue weighted by atomic mass is 32.2. The largest absolute Gasteiger partial charge is 0.462 e. The zero-order chi connectivity index (χ0) is 21.7. The lowest BCUT2D eigenvalue weighted by atomic mass is 10.2. The summed E-state index contributed by atoms with van der Waals surface area (Å²) in [5.74, 6) is -0.0499. The lowest BCUT2D eigenvalue weighted by Gasteiger charge is -2.11. The normalized spacial score (nSPS) is 11.7. The SMILES string of the molecule is Cc1ccc(/C=C(/NC(=O)c2ccccc2)C(=O)Nc2ccc(S(N)(=O)=O)cc2)o1. The van der Waals surface area contributed by atoms with Crippen molar-refractivity contribution in [3.05, 3.63) is 89.5 Å². The summed E-state index contributed by atoms with van der Waals surface area (Å²) in [5, 5.41) is 10.3. The number of rotatable bonds is 6. The van der Waals surface area contributed by atoms with Crippen molar-refractivity contribution in [1.29, 1.82) is 0 Å². The van der Waals surface area contributed by atoms with Gasteiger partial charge in [-0.3, -0.25) is 9.59 Å². The Bertz CT molecular complexity index is 1200. The van der Waals surface area contributed by atoms with Crippen LogP contribution >= 0.6 is 0 Å². The molecule has 0 spiro atoms. The molecule has 0 aliphatic rings. The van der Waals surface area contributed by atoms with E-state index >= 15 is 0 Å². The summed E-state index contributed by atoms with van der Waals surface area (Å²) < 4.78 is 28.2. The van der Waals surface area contributed by atoms with Crippen LogP contribution < -0.4 is 15.8 Å². The molecule has 2 amide bonds. The van der Waals surface area contributed by atoms with Crippen LogP contribution in [0, 0.1) is 6.92 Å². The van der Waals surface area contributed by atoms with Crippen LogP contribution in [0.25, 0.3) is 6.08 Å². The Hall–Kier alpha value is -3.69. The van der Waals surface area contributed by atoms with Crippen LogP contribution in [0.4, 0.5) is 5.69 Å². The van der Waals surface area contributed by atoms with Gasteiger partial charge in [-0.2, -0.15) is 0 Å². The maximum absolute atomic E-state index is 12.8. The second-order valence-corrected chi connectivity index (χ2v) is 7.91. The summed E-state index contributed by atoms with van der Waals surface area (Å²) in [5.41, 5.74) is 0.654. The molecule has 0 unspecified atom stereocenters. The summed E-state index contributed by atoms with van der Waals surface area (Å²) in [6.07, 6.45) is 1.40. The zero-order valence-corrected chi connectivity index (χ0v) is 16.8. The van der Waals surface area contributed by atoms with Gasteiger partial charge in [0.1, 0.15) is 17.2 Å². The van der Waals surface area contributed by atoms with Crippen LogP contribution in [0.2, 0.25) is 0 Å². The number of nitrogens with one attached hydrogen (secondary N) is 2. The van der Waals surface area contributed by atoms with Crippen molar-refractivity contribution in [3.63, 3.8) is 0 Å². The van der Waals surface area contributed by atoms with Crippen LogP contribution in [-0.4, -0.2) is 20.2 Å². The predicted octanol–water partition coefficient (Wildman–Crippen LogP) is 2.65. The summed E-state index contributed by atoms with van der Waals surface area (Å²) in [6.45, 7) is 1.76. The Balaban J connectivity index is 1.84. The Kier molecular flexibility index (Phi) is 6.14. The number of primary sulfonamides is 1. The molecule has 30 heavy (non-hydrogen) atoms. The number of carbonyl (C=O) groups excluding carboxylic acids is 2. The monoisotopic (exact) mass is 425 g/mol. The van der Waals surface area contributed by atoms with E-state index in [2.05, 4.69) is 10.6 Å². The van der Waals surface area contributed by atoms with Crippen LogP contribution in [0.1, 0.15) is 21.9 Å². The molecule has 0 saturated heterocycles. The van der Waals surface area contributed by atoms with Crippen molar-refractivity contribution in [2.75, 3.05) is 5.32 Å². The van der Waals surface area contributed by atoms with E-state index in [0.29, 0.717) is 22.8 Å². The van der Waals surface area contributed by atoms with Gasteiger partial charge in [-0.25, -0.2) is 13.6 Å². The summed E-state index contributed by atoms with van der Waals surface area (Å²) in [6, 6.07) is 17.2. The van der Waals surface area contributed by atoms with Gasteiger partial charge in [0, 0.05) is 17.3 Å². The highest BCUT2D eigenvalue weighted by Gasteiger charge is 2.16. The molecule has 3 rings (SSSR count). The fourth-order valence-corrected chi connectivity index (χ4v) is 3.06. The Morgan fingerprint density at radius 2 is 1.63 bits per heavy atom. The highest BCUT2D eigenvalue weighted by molar-refractivity contribution is 7.89. The van der Waals surface area contributed by atoms with Crippen LogP contribution in [0.3, 0.4) is 0 Å². The van der Waals surface area contributed by atoms with E-state index in [1.54, 1.807) is 49.4 Å². The van der Waals surface area contributed by atoms with E-state index in [0.717, 1.165) is 0 Å². The topological polar surface area (TPSA) is 132 Å². The van der Waals surface area contributed by atoms with Crippen molar-refractivity contribution in [2.24, 2.45) is 5.14 Å². The second kappa shape index (κ2) is 8.76. The minimum atomic E-state index is -3.84. The molecular formula is C21H19N3O5S. The van der Waals surface area contributed by atoms with Gasteiger partial charge in [-0.1, -0.05) is 18.2 Å². The van der Waals surface area contributed by atoms with Crippen LogP contribution in [-0.2, 0) is 14.8 Å². The van der Waals surface area contributed by atoms with Gasteiger partial charge in [0.2, 0.25) is 10.0 Å². The van der Waals surface area contributed by atoms with E-state index in [4.69, 9.17) is 9.56 Å². The summed E-state index contributed by atoms with van der Waals surface area (Å²) in [7, 11) is -3.84. The number of furan rings is 1. The quantitative estimate of drug-likeness (QED) is 0.523. The lowest BCUT2D eigenvalue weighted by molar-refractivity contribution is -0.113. The van der Waals surface area contributed by atoms with Gasteiger partial charge >= 0.3 is 0 Å². The standard InChI is InChI=1S/C21H19N3O5S/c1-14-7-10-17(29-14)13-19(24-20(25)15-5-3-2-4-6-15)21(26)23-16-8-11-18(12-9-16)30(22,27)28/h2-13H,1H3,(H,23,26)(H,24,25)(H2,22,27,28)/b19-13+. The molecule has 0 bridgehead atoms. The first-order valence-electron chi connectivity index (χ1n) is 8.81. The van der Waals surface area contributed by atoms with E-state index in [-0.39, 0.29) is 10.6 Å². The first kappa shape index (κ1) is 21.0. The predicted molar refractivity (Wildman–Crippen MR) is 112 cm³/mol. The Morgan fingerprint density at radius 1 is 0.967 bits per heavy atom. The summed E-state index contributed by atoms with van der Waals surface area (Å²) >= 11 is 0. The number of nitrogens with two attached hydrogens (primary N) is 1. The molecule has 0 radical (unpaired) electrons. The fraction of sp³-hybridized carbons (Fsp3) is 0.0476. The number of aryl methyl sites for hydroxylation is 1. The fourth-order valence-electron chi connectivity index (χ4n) is 2.54. The number of carbonyl (C=O) groups is 2. The maximum Gasteiger partial charge on any atom is 0.272 e. The molecule has 0 aliphatic heterocycles. The molecule has 0 saturated carbocycles. The number of anilines is 1. The van der Waals surface area contributed by atoms with Gasteiger partial charge < -0.3 is 15.1 Å². The van der Waals surface area contributed by atoms with E-state index in [1.807, 2.05) is 0 Å². The maximum atomic E-state index is 12.8. The molecule has 2 aromatic carbocycles. The van der Waals surface area contributed by atoms with Gasteiger partial charge in [-0.15, -0.1) is 0 Å². The molecule has 0 aliphatic carbocycles. The van der Waals surface area contributed by atoms with Gasteiger partial charge in [0.15, 0.2) is 0 Å². The van der Waals surface area contributed by atoms with Crippen LogP contribution in [0.15, 0.2) is 81.7 Å². The molecule has 9 heteroatoms. The van der Waals surface area contributed by atoms with Gasteiger partial charge in [0.05, 0.1) is 4.90 Å². The first-order chi connectivity index (χ1) is 14.2. The molecule has 1 aromatic heterocycles. The third kappa shape index (κ3) is 5.43. The minimum absolute atomic E-state index is 0.0475. The number of hydrogen-bond donors (Lipinski definition) is 3. The molecule has 154 valence electrons. The average molecular weight is 425 g/mol. The second-order valence-electron chi connectivity index (χ2n) is 6.35. The molecule has 0 atom stereocenters. The van der Waals surface area contributed by atoms with Crippen molar-refractivity contribution in [3.8, 4) is 0 Å². The highest BCUT2D eigenvalue weighted by Crippen LogP contribution is 2.15. The van der Waals surface area contributed by atoms with Crippen molar-refractivity contribution in [2.45, 2.75) is 11.8 Å². The average Bonchev–Trinajstić information content (AvgIpc) is 3.12. The number of benzene rings is 2. The van der Waals surface area contributed by atoms with E-state index in [1.165, 1.54) is 30.3 Å². The smallest absolute Gasteiger partial charge is 0.272 e. The van der Waals surface area contributed by atoms with Crippen LogP contribution in [0.5, 0.6) is 0 Å². The molecule has 0 fully saturated rings. The zero-order valence-electron chi connectivity index (χ0n) is 16.0. The third-order valence-electron chi connectivity index (χ3n) is 4.02. The molecule has 1 heterocycles. The first-order valence-corrected chi connectivity index (χ1v) is 10.4. The van der Waals surface area contributed by atoms with E-state index < -0.39 is 21.8 Å². The van der Waals surface area contributed by atoms with Gasteiger partial charge in [0.25, 0.3) is 11.8 Å². The molecule has 3 aromatic rings. The Labute approximate surface area is 173 Å². The minimum Gasteiger partial charge on any atom is -0.462 e. The van der Waals surface area contributed by atoms with Crippen molar-refractivity contribution >= 4 is 33.6 Å². The molecule has 8 nitrogen and oxygen atoms in total. The molecular weight excluding hydrogens is 406 g/mol. The number of amides is 2. The van der Waals surface area contributed by atoms with E-state index in [9.17, 15) is 18.0 Å². The van der Waals surface area contributed by atoms with Crippen molar-refractivity contribution < 1.29 is 22.4 Å². The van der Waals surface area contributed by atoms with Crippen molar-refractivity contribution in [1.82, 2.24) is 5.32 Å². The Morgan fingerprint density at radius 3 is 2.20 bits per heavy atom. The van der Waals surface area contributed by atoms with Gasteiger partial charge in [-0.05, 0) is 55.5 Å². The number of sulfonamides is 1.